The first-order valence-corrected chi connectivity index (χ1v) is 9.52. The number of hydrogen-bond donors (Lipinski definition) is 2. The smallest absolute Gasteiger partial charge is 0.419 e. The molecule has 5 nitrogen and oxygen atoms in total. The van der Waals surface area contributed by atoms with Gasteiger partial charge in [-0.3, -0.25) is 4.72 Å². The van der Waals surface area contributed by atoms with Crippen LogP contribution < -0.4 is 9.46 Å². The maximum atomic E-state index is 14.1. The van der Waals surface area contributed by atoms with E-state index in [1.165, 1.54) is 19.2 Å². The normalized spacial score (nSPS) is 12.1. The molecular weight excluding hydrogens is 438 g/mol. The lowest BCUT2D eigenvalue weighted by Gasteiger charge is -2.12. The molecule has 0 atom stereocenters. The Labute approximate surface area is 166 Å². The van der Waals surface area contributed by atoms with Crippen molar-refractivity contribution in [3.63, 3.8) is 0 Å². The molecule has 0 radical (unpaired) electrons. The highest BCUT2D eigenvalue weighted by molar-refractivity contribution is 7.92. The van der Waals surface area contributed by atoms with Gasteiger partial charge in [0, 0.05) is 23.5 Å². The SMILES string of the molecule is COc1ccc(F)c(-c2cc(S(=O)(=O)Nc3cc(F)c(C(F)(F)F)cc3F)c[nH]2)c1. The van der Waals surface area contributed by atoms with Crippen LogP contribution in [0.3, 0.4) is 0 Å². The number of H-pyrrole nitrogens is 1. The number of aromatic nitrogens is 1. The van der Waals surface area contributed by atoms with Gasteiger partial charge in [0.1, 0.15) is 28.1 Å². The van der Waals surface area contributed by atoms with E-state index in [4.69, 9.17) is 4.74 Å². The first kappa shape index (κ1) is 21.6. The monoisotopic (exact) mass is 450 g/mol. The summed E-state index contributed by atoms with van der Waals surface area (Å²) in [6.07, 6.45) is -4.20. The van der Waals surface area contributed by atoms with Crippen molar-refractivity contribution < 1.29 is 39.5 Å². The topological polar surface area (TPSA) is 71.2 Å². The van der Waals surface area contributed by atoms with Crippen LogP contribution in [0.15, 0.2) is 47.5 Å². The second-order valence-electron chi connectivity index (χ2n) is 6.01. The second kappa shape index (κ2) is 7.59. The fraction of sp³-hybridized carbons (Fsp3) is 0.111. The van der Waals surface area contributed by atoms with Crippen LogP contribution in [0.1, 0.15) is 5.56 Å². The number of alkyl halides is 3. The van der Waals surface area contributed by atoms with Crippen LogP contribution in [-0.2, 0) is 16.2 Å². The first-order valence-electron chi connectivity index (χ1n) is 8.04. The predicted octanol–water partition coefficient (Wildman–Crippen LogP) is 4.93. The van der Waals surface area contributed by atoms with E-state index in [0.29, 0.717) is 5.75 Å². The molecule has 0 unspecified atom stereocenters. The maximum absolute atomic E-state index is 14.1. The molecule has 0 aliphatic rings. The number of benzene rings is 2. The largest absolute Gasteiger partial charge is 0.497 e. The van der Waals surface area contributed by atoms with E-state index in [1.807, 2.05) is 0 Å². The average Bonchev–Trinajstić information content (AvgIpc) is 3.14. The Bertz CT molecular complexity index is 1210. The van der Waals surface area contributed by atoms with Gasteiger partial charge in [0.25, 0.3) is 10.0 Å². The molecule has 3 rings (SSSR count). The third-order valence-corrected chi connectivity index (χ3v) is 5.38. The highest BCUT2D eigenvalue weighted by atomic mass is 32.2. The summed E-state index contributed by atoms with van der Waals surface area (Å²) in [5.41, 5.74) is -2.88. The van der Waals surface area contributed by atoms with Gasteiger partial charge in [-0.15, -0.1) is 0 Å². The molecule has 2 N–H and O–H groups in total. The zero-order chi connectivity index (χ0) is 22.3. The van der Waals surface area contributed by atoms with Gasteiger partial charge in [-0.1, -0.05) is 0 Å². The van der Waals surface area contributed by atoms with Crippen LogP contribution in [0.4, 0.5) is 32.0 Å². The highest BCUT2D eigenvalue weighted by Gasteiger charge is 2.35. The van der Waals surface area contributed by atoms with Crippen molar-refractivity contribution >= 4 is 15.7 Å². The Kier molecular flexibility index (Phi) is 5.46. The maximum Gasteiger partial charge on any atom is 0.419 e. The molecule has 1 aromatic heterocycles. The molecule has 0 amide bonds. The van der Waals surface area contributed by atoms with Gasteiger partial charge in [-0.05, 0) is 30.3 Å². The molecule has 30 heavy (non-hydrogen) atoms. The molecule has 1 heterocycles. The first-order chi connectivity index (χ1) is 13.9. The van der Waals surface area contributed by atoms with E-state index >= 15 is 0 Å². The van der Waals surface area contributed by atoms with Gasteiger partial charge >= 0.3 is 6.18 Å². The van der Waals surface area contributed by atoms with Crippen LogP contribution in [0.2, 0.25) is 0 Å². The lowest BCUT2D eigenvalue weighted by molar-refractivity contribution is -0.140. The van der Waals surface area contributed by atoms with Crippen molar-refractivity contribution in [1.82, 2.24) is 4.98 Å². The molecule has 0 saturated heterocycles. The minimum absolute atomic E-state index is 0.0254. The third kappa shape index (κ3) is 4.22. The van der Waals surface area contributed by atoms with Crippen molar-refractivity contribution in [1.29, 1.82) is 0 Å². The van der Waals surface area contributed by atoms with Crippen LogP contribution in [0.25, 0.3) is 11.3 Å². The van der Waals surface area contributed by atoms with Gasteiger partial charge in [0.05, 0.1) is 18.4 Å². The van der Waals surface area contributed by atoms with Gasteiger partial charge in [0.2, 0.25) is 0 Å². The molecule has 12 heteroatoms. The van der Waals surface area contributed by atoms with Crippen molar-refractivity contribution in [3.8, 4) is 17.0 Å². The Morgan fingerprint density at radius 1 is 0.967 bits per heavy atom. The van der Waals surface area contributed by atoms with Crippen molar-refractivity contribution in [2.75, 3.05) is 11.8 Å². The molecule has 2 aromatic carbocycles. The Morgan fingerprint density at radius 2 is 1.67 bits per heavy atom. The zero-order valence-corrected chi connectivity index (χ0v) is 15.8. The summed E-state index contributed by atoms with van der Waals surface area (Å²) in [4.78, 5) is 2.04. The fourth-order valence-corrected chi connectivity index (χ4v) is 3.62. The van der Waals surface area contributed by atoms with Crippen LogP contribution in [-0.4, -0.2) is 20.5 Å². The average molecular weight is 450 g/mol. The lowest BCUT2D eigenvalue weighted by Crippen LogP contribution is -2.15. The van der Waals surface area contributed by atoms with E-state index in [2.05, 4.69) is 4.98 Å². The summed E-state index contributed by atoms with van der Waals surface area (Å²) >= 11 is 0. The molecule has 0 aliphatic carbocycles. The number of methoxy groups -OCH3 is 1. The standard InChI is InChI=1S/C18H12F6N2O3S/c1-29-9-2-3-13(19)11(4-9)16-5-10(8-25-16)30(27,28)26-17-7-14(20)12(6-15(17)21)18(22,23)24/h2-8,25-26H,1H3. The fourth-order valence-electron chi connectivity index (χ4n) is 2.57. The summed E-state index contributed by atoms with van der Waals surface area (Å²) in [6.45, 7) is 0. The van der Waals surface area contributed by atoms with E-state index in [9.17, 15) is 34.8 Å². The van der Waals surface area contributed by atoms with Crippen molar-refractivity contribution in [3.05, 3.63) is 65.6 Å². The quantitative estimate of drug-likeness (QED) is 0.542. The summed E-state index contributed by atoms with van der Waals surface area (Å²) in [7, 11) is -3.19. The number of nitrogens with one attached hydrogen (secondary N) is 2. The summed E-state index contributed by atoms with van der Waals surface area (Å²) < 4.78 is 111. The molecular formula is C18H12F6N2O3S. The van der Waals surface area contributed by atoms with E-state index in [0.717, 1.165) is 18.3 Å². The minimum Gasteiger partial charge on any atom is -0.497 e. The summed E-state index contributed by atoms with van der Waals surface area (Å²) in [5.74, 6) is -3.87. The Hall–Kier alpha value is -3.15. The molecule has 0 saturated carbocycles. The number of halogens is 6. The number of sulfonamides is 1. The number of ether oxygens (including phenoxy) is 1. The van der Waals surface area contributed by atoms with Crippen LogP contribution in [0.5, 0.6) is 5.75 Å². The second-order valence-corrected chi connectivity index (χ2v) is 7.69. The lowest BCUT2D eigenvalue weighted by atomic mass is 10.1. The number of hydrogen-bond acceptors (Lipinski definition) is 3. The van der Waals surface area contributed by atoms with E-state index < -0.39 is 49.8 Å². The van der Waals surface area contributed by atoms with Crippen LogP contribution in [0, 0.1) is 17.5 Å². The minimum atomic E-state index is -5.15. The van der Waals surface area contributed by atoms with Gasteiger partial charge in [-0.25, -0.2) is 21.6 Å². The molecule has 160 valence electrons. The third-order valence-electron chi connectivity index (χ3n) is 4.04. The predicted molar refractivity (Wildman–Crippen MR) is 94.9 cm³/mol. The number of anilines is 1. The van der Waals surface area contributed by atoms with E-state index in [-0.39, 0.29) is 23.4 Å². The zero-order valence-electron chi connectivity index (χ0n) is 14.9. The molecule has 0 spiro atoms. The Balaban J connectivity index is 1.94. The number of rotatable bonds is 5. The summed E-state index contributed by atoms with van der Waals surface area (Å²) in [6, 6.07) is 4.70. The molecule has 0 fully saturated rings. The van der Waals surface area contributed by atoms with E-state index in [1.54, 1.807) is 4.72 Å². The molecule has 0 bridgehead atoms. The highest BCUT2D eigenvalue weighted by Crippen LogP contribution is 2.34. The van der Waals surface area contributed by atoms with Crippen molar-refractivity contribution in [2.24, 2.45) is 0 Å². The number of aromatic amines is 1. The Morgan fingerprint density at radius 3 is 2.30 bits per heavy atom. The van der Waals surface area contributed by atoms with Gasteiger partial charge in [-0.2, -0.15) is 13.2 Å². The van der Waals surface area contributed by atoms with Crippen molar-refractivity contribution in [2.45, 2.75) is 11.1 Å². The molecule has 3 aromatic rings. The van der Waals surface area contributed by atoms with Gasteiger partial charge in [0.15, 0.2) is 0 Å². The van der Waals surface area contributed by atoms with Crippen LogP contribution >= 0.6 is 0 Å². The molecule has 0 aliphatic heterocycles. The van der Waals surface area contributed by atoms with Gasteiger partial charge < -0.3 is 9.72 Å². The summed E-state index contributed by atoms with van der Waals surface area (Å²) in [5, 5.41) is 0.